The van der Waals surface area contributed by atoms with E-state index in [2.05, 4.69) is 20.7 Å². The molecule has 0 fully saturated rings. The Morgan fingerprint density at radius 3 is 1.93 bits per heavy atom. The molecule has 0 heterocycles. The minimum absolute atomic E-state index is 0.283. The largest absolute Gasteiger partial charge is 0.496 e. The Labute approximate surface area is 96.3 Å². The summed E-state index contributed by atoms with van der Waals surface area (Å²) in [6, 6.07) is 3.35. The number of halogens is 1. The van der Waals surface area contributed by atoms with Gasteiger partial charge in [0, 0.05) is 4.47 Å². The summed E-state index contributed by atoms with van der Waals surface area (Å²) in [6.45, 7) is 0. The molecule has 0 spiro atoms. The van der Waals surface area contributed by atoms with Crippen LogP contribution in [0.15, 0.2) is 16.6 Å². The zero-order chi connectivity index (χ0) is 11.4. The van der Waals surface area contributed by atoms with Crippen LogP contribution in [0, 0.1) is 0 Å². The van der Waals surface area contributed by atoms with Crippen LogP contribution in [-0.4, -0.2) is 27.3 Å². The molecule has 5 heteroatoms. The van der Waals surface area contributed by atoms with Crippen LogP contribution in [-0.2, 0) is 4.74 Å². The molecule has 1 rings (SSSR count). The molecule has 0 aliphatic rings. The van der Waals surface area contributed by atoms with E-state index in [0.29, 0.717) is 11.5 Å². The van der Waals surface area contributed by atoms with Crippen molar-refractivity contribution in [3.63, 3.8) is 0 Å². The van der Waals surface area contributed by atoms with Crippen molar-refractivity contribution in [3.8, 4) is 11.5 Å². The molecule has 1 aromatic rings. The standard InChI is InChI=1S/C10H11BrO4/c1-13-7-4-6(11)5-8(14-2)9(7)10(12)15-3/h4-5H,1-3H3. The van der Waals surface area contributed by atoms with E-state index >= 15 is 0 Å². The lowest BCUT2D eigenvalue weighted by atomic mass is 10.2. The summed E-state index contributed by atoms with van der Waals surface area (Å²) in [4.78, 5) is 11.5. The number of hydrogen-bond acceptors (Lipinski definition) is 4. The van der Waals surface area contributed by atoms with Gasteiger partial charge in [-0.15, -0.1) is 0 Å². The zero-order valence-corrected chi connectivity index (χ0v) is 10.3. The van der Waals surface area contributed by atoms with Crippen LogP contribution >= 0.6 is 15.9 Å². The van der Waals surface area contributed by atoms with Gasteiger partial charge in [0.2, 0.25) is 0 Å². The summed E-state index contributed by atoms with van der Waals surface area (Å²) in [6.07, 6.45) is 0. The molecule has 0 unspecified atom stereocenters. The van der Waals surface area contributed by atoms with Crippen molar-refractivity contribution >= 4 is 21.9 Å². The van der Waals surface area contributed by atoms with Gasteiger partial charge >= 0.3 is 5.97 Å². The molecule has 0 aliphatic heterocycles. The average Bonchev–Trinajstić information content (AvgIpc) is 2.26. The van der Waals surface area contributed by atoms with E-state index in [9.17, 15) is 4.79 Å². The van der Waals surface area contributed by atoms with Crippen LogP contribution < -0.4 is 9.47 Å². The third kappa shape index (κ3) is 2.41. The Hall–Kier alpha value is -1.23. The van der Waals surface area contributed by atoms with Gasteiger partial charge in [-0.25, -0.2) is 4.79 Å². The third-order valence-electron chi connectivity index (χ3n) is 1.86. The summed E-state index contributed by atoms with van der Waals surface area (Å²) in [5.74, 6) is 0.331. The number of ether oxygens (including phenoxy) is 3. The van der Waals surface area contributed by atoms with Crippen LogP contribution in [0.3, 0.4) is 0 Å². The van der Waals surface area contributed by atoms with E-state index < -0.39 is 5.97 Å². The SMILES string of the molecule is COC(=O)c1c(OC)cc(Br)cc1OC. The zero-order valence-electron chi connectivity index (χ0n) is 8.67. The minimum atomic E-state index is -0.490. The lowest BCUT2D eigenvalue weighted by Crippen LogP contribution is -2.06. The third-order valence-corrected chi connectivity index (χ3v) is 2.32. The fraction of sp³-hybridized carbons (Fsp3) is 0.300. The van der Waals surface area contributed by atoms with Gasteiger partial charge in [-0.1, -0.05) is 15.9 Å². The van der Waals surface area contributed by atoms with Crippen molar-refractivity contribution in [2.75, 3.05) is 21.3 Å². The molecule has 0 N–H and O–H groups in total. The summed E-state index contributed by atoms with van der Waals surface area (Å²) < 4.78 is 15.6. The normalized spacial score (nSPS) is 9.60. The van der Waals surface area contributed by atoms with Gasteiger partial charge in [-0.3, -0.25) is 0 Å². The summed E-state index contributed by atoms with van der Waals surface area (Å²) in [5.41, 5.74) is 0.283. The molecular weight excluding hydrogens is 264 g/mol. The molecule has 0 aromatic heterocycles. The van der Waals surface area contributed by atoms with Gasteiger partial charge in [-0.05, 0) is 12.1 Å². The fourth-order valence-corrected chi connectivity index (χ4v) is 1.60. The van der Waals surface area contributed by atoms with Crippen molar-refractivity contribution in [1.82, 2.24) is 0 Å². The minimum Gasteiger partial charge on any atom is -0.496 e. The van der Waals surface area contributed by atoms with Crippen molar-refractivity contribution in [2.45, 2.75) is 0 Å². The van der Waals surface area contributed by atoms with E-state index in [0.717, 1.165) is 4.47 Å². The molecule has 0 saturated heterocycles. The molecule has 0 aliphatic carbocycles. The monoisotopic (exact) mass is 274 g/mol. The number of carbonyl (C=O) groups is 1. The second-order valence-corrected chi connectivity index (χ2v) is 3.59. The second-order valence-electron chi connectivity index (χ2n) is 2.68. The molecule has 15 heavy (non-hydrogen) atoms. The lowest BCUT2D eigenvalue weighted by molar-refractivity contribution is 0.0593. The summed E-state index contributed by atoms with van der Waals surface area (Å²) >= 11 is 3.29. The van der Waals surface area contributed by atoms with Crippen LogP contribution in [0.5, 0.6) is 11.5 Å². The predicted molar refractivity (Wildman–Crippen MR) is 58.6 cm³/mol. The fourth-order valence-electron chi connectivity index (χ4n) is 1.18. The van der Waals surface area contributed by atoms with E-state index in [1.807, 2.05) is 0 Å². The predicted octanol–water partition coefficient (Wildman–Crippen LogP) is 2.25. The van der Waals surface area contributed by atoms with Crippen molar-refractivity contribution < 1.29 is 19.0 Å². The first-order valence-electron chi connectivity index (χ1n) is 4.13. The van der Waals surface area contributed by atoms with Gasteiger partial charge in [-0.2, -0.15) is 0 Å². The molecule has 4 nitrogen and oxygen atoms in total. The van der Waals surface area contributed by atoms with Crippen LogP contribution in [0.2, 0.25) is 0 Å². The highest BCUT2D eigenvalue weighted by atomic mass is 79.9. The van der Waals surface area contributed by atoms with Crippen LogP contribution in [0.1, 0.15) is 10.4 Å². The highest BCUT2D eigenvalue weighted by molar-refractivity contribution is 9.10. The van der Waals surface area contributed by atoms with Gasteiger partial charge in [0.15, 0.2) is 0 Å². The van der Waals surface area contributed by atoms with Gasteiger partial charge in [0.1, 0.15) is 17.1 Å². The number of methoxy groups -OCH3 is 3. The summed E-state index contributed by atoms with van der Waals surface area (Å²) in [7, 11) is 4.27. The quantitative estimate of drug-likeness (QED) is 0.794. The molecule has 0 bridgehead atoms. The number of carbonyl (C=O) groups excluding carboxylic acids is 1. The molecule has 0 radical (unpaired) electrons. The highest BCUT2D eigenvalue weighted by Crippen LogP contribution is 2.33. The number of benzene rings is 1. The first kappa shape index (κ1) is 11.8. The Balaban J connectivity index is 3.36. The smallest absolute Gasteiger partial charge is 0.345 e. The maximum absolute atomic E-state index is 11.5. The molecule has 1 aromatic carbocycles. The highest BCUT2D eigenvalue weighted by Gasteiger charge is 2.19. The molecule has 82 valence electrons. The first-order chi connectivity index (χ1) is 7.13. The van der Waals surface area contributed by atoms with Crippen molar-refractivity contribution in [3.05, 3.63) is 22.2 Å². The Bertz CT molecular complexity index is 351. The Morgan fingerprint density at radius 1 is 1.13 bits per heavy atom. The Morgan fingerprint density at radius 2 is 1.60 bits per heavy atom. The summed E-state index contributed by atoms with van der Waals surface area (Å²) in [5, 5.41) is 0. The van der Waals surface area contributed by atoms with Crippen LogP contribution in [0.25, 0.3) is 0 Å². The maximum atomic E-state index is 11.5. The van der Waals surface area contributed by atoms with Gasteiger partial charge in [0.05, 0.1) is 21.3 Å². The first-order valence-corrected chi connectivity index (χ1v) is 4.93. The Kier molecular flexibility index (Phi) is 3.96. The van der Waals surface area contributed by atoms with E-state index in [1.165, 1.54) is 21.3 Å². The molecule has 0 amide bonds. The topological polar surface area (TPSA) is 44.8 Å². The van der Waals surface area contributed by atoms with E-state index in [1.54, 1.807) is 12.1 Å². The molecular formula is C10H11BrO4. The van der Waals surface area contributed by atoms with Gasteiger partial charge in [0.25, 0.3) is 0 Å². The van der Waals surface area contributed by atoms with E-state index in [-0.39, 0.29) is 5.56 Å². The number of hydrogen-bond donors (Lipinski definition) is 0. The average molecular weight is 275 g/mol. The van der Waals surface area contributed by atoms with Crippen molar-refractivity contribution in [2.24, 2.45) is 0 Å². The van der Waals surface area contributed by atoms with Gasteiger partial charge < -0.3 is 14.2 Å². The number of rotatable bonds is 3. The molecule has 0 atom stereocenters. The lowest BCUT2D eigenvalue weighted by Gasteiger charge is -2.11. The molecule has 0 saturated carbocycles. The maximum Gasteiger partial charge on any atom is 0.345 e. The van der Waals surface area contributed by atoms with Crippen LogP contribution in [0.4, 0.5) is 0 Å². The van der Waals surface area contributed by atoms with E-state index in [4.69, 9.17) is 9.47 Å². The number of esters is 1. The second kappa shape index (κ2) is 5.02. The van der Waals surface area contributed by atoms with Crippen molar-refractivity contribution in [1.29, 1.82) is 0 Å².